The molecule has 1 aromatic heterocycles. The Morgan fingerprint density at radius 1 is 1.06 bits per heavy atom. The van der Waals surface area contributed by atoms with E-state index < -0.39 is 0 Å². The van der Waals surface area contributed by atoms with E-state index in [0.29, 0.717) is 36.8 Å². The lowest BCUT2D eigenvalue weighted by Crippen LogP contribution is -2.37. The Bertz CT molecular complexity index is 1110. The maximum absolute atomic E-state index is 11.7. The van der Waals surface area contributed by atoms with Crippen molar-refractivity contribution in [1.82, 2.24) is 20.0 Å². The van der Waals surface area contributed by atoms with Gasteiger partial charge in [-0.2, -0.15) is 5.10 Å². The maximum atomic E-state index is 11.7. The minimum absolute atomic E-state index is 0.197. The van der Waals surface area contributed by atoms with Gasteiger partial charge in [0.15, 0.2) is 5.82 Å². The van der Waals surface area contributed by atoms with Gasteiger partial charge in [-0.1, -0.05) is 12.1 Å². The van der Waals surface area contributed by atoms with Crippen molar-refractivity contribution >= 4 is 28.3 Å². The molecule has 2 aliphatic rings. The van der Waals surface area contributed by atoms with Crippen LogP contribution in [0.2, 0.25) is 0 Å². The van der Waals surface area contributed by atoms with Gasteiger partial charge in [0.05, 0.1) is 31.8 Å². The molecule has 0 aliphatic carbocycles. The van der Waals surface area contributed by atoms with Crippen LogP contribution in [0.4, 0.5) is 11.5 Å². The summed E-state index contributed by atoms with van der Waals surface area (Å²) in [4.78, 5) is 15.7. The van der Waals surface area contributed by atoms with Gasteiger partial charge in [0.2, 0.25) is 5.91 Å². The number of carbonyl (C=O) groups excluding carboxylic acids is 1. The normalized spacial score (nSPS) is 16.4. The number of aromatic nitrogens is 2. The summed E-state index contributed by atoms with van der Waals surface area (Å²) in [7, 11) is 0. The van der Waals surface area contributed by atoms with E-state index in [9.17, 15) is 4.79 Å². The molecule has 2 saturated heterocycles. The number of amides is 1. The third-order valence-corrected chi connectivity index (χ3v) is 6.24. The van der Waals surface area contributed by atoms with E-state index in [4.69, 9.17) is 26.0 Å². The van der Waals surface area contributed by atoms with Crippen LogP contribution in [0.25, 0.3) is 22.0 Å². The van der Waals surface area contributed by atoms with Crippen molar-refractivity contribution in [3.8, 4) is 16.9 Å². The van der Waals surface area contributed by atoms with Crippen molar-refractivity contribution in [2.45, 2.75) is 12.8 Å². The number of ether oxygens (including phenoxy) is 2. The van der Waals surface area contributed by atoms with Gasteiger partial charge in [0, 0.05) is 38.3 Å². The van der Waals surface area contributed by atoms with Crippen LogP contribution in [0, 0.1) is 0 Å². The molecule has 0 saturated carbocycles. The van der Waals surface area contributed by atoms with Crippen LogP contribution in [0.15, 0.2) is 36.4 Å². The zero-order valence-electron chi connectivity index (χ0n) is 19.9. The lowest BCUT2D eigenvalue weighted by molar-refractivity contribution is -0.128. The molecule has 10 heteroatoms. The molecule has 2 aromatic carbocycles. The Balaban J connectivity index is 0.000000271. The number of nitrogens with two attached hydrogens (primary N) is 2. The standard InChI is InChI=1S/C19H21N5O2.C6H13NO2/c20-13-5-3-12(4-6-13)14-7-8-15(18-17(14)19(21)23-22-18)26-11-10-24-9-1-2-16(24)25;8-4-1-7-2-5-9-6-3-7/h3-8H,1-2,9-11,20H2,(H3,21,22,23);8H,1-6H2. The summed E-state index contributed by atoms with van der Waals surface area (Å²) in [5.41, 5.74) is 15.3. The molecule has 0 bridgehead atoms. The first-order valence-corrected chi connectivity index (χ1v) is 12.0. The largest absolute Gasteiger partial charge is 0.489 e. The zero-order valence-corrected chi connectivity index (χ0v) is 19.9. The van der Waals surface area contributed by atoms with Gasteiger partial charge in [0.25, 0.3) is 0 Å². The van der Waals surface area contributed by atoms with Crippen LogP contribution in [-0.4, -0.2) is 90.2 Å². The smallest absolute Gasteiger partial charge is 0.222 e. The number of carbonyl (C=O) groups is 1. The van der Waals surface area contributed by atoms with E-state index >= 15 is 0 Å². The van der Waals surface area contributed by atoms with Gasteiger partial charge in [-0.05, 0) is 41.8 Å². The molecule has 1 amide bonds. The molecule has 0 atom stereocenters. The molecular formula is C25H34N6O4. The van der Waals surface area contributed by atoms with Crippen LogP contribution < -0.4 is 16.2 Å². The molecule has 2 aliphatic heterocycles. The van der Waals surface area contributed by atoms with E-state index in [2.05, 4.69) is 15.1 Å². The number of nitrogens with one attached hydrogen (secondary N) is 1. The number of benzene rings is 2. The molecule has 0 radical (unpaired) electrons. The number of nitrogen functional groups attached to an aromatic ring is 2. The summed E-state index contributed by atoms with van der Waals surface area (Å²) >= 11 is 0. The maximum Gasteiger partial charge on any atom is 0.222 e. The van der Waals surface area contributed by atoms with Gasteiger partial charge >= 0.3 is 0 Å². The van der Waals surface area contributed by atoms with Crippen molar-refractivity contribution < 1.29 is 19.4 Å². The number of aliphatic hydroxyl groups is 1. The Morgan fingerprint density at radius 2 is 1.83 bits per heavy atom. The van der Waals surface area contributed by atoms with Crippen LogP contribution in [0.5, 0.6) is 5.75 Å². The topological polar surface area (TPSA) is 143 Å². The average Bonchev–Trinajstić information content (AvgIpc) is 3.47. The monoisotopic (exact) mass is 482 g/mol. The molecule has 0 unspecified atom stereocenters. The molecule has 3 heterocycles. The van der Waals surface area contributed by atoms with Gasteiger partial charge in [0.1, 0.15) is 17.9 Å². The molecule has 2 fully saturated rings. The molecular weight excluding hydrogens is 448 g/mol. The molecule has 10 nitrogen and oxygen atoms in total. The van der Waals surface area contributed by atoms with E-state index in [1.165, 1.54) is 0 Å². The summed E-state index contributed by atoms with van der Waals surface area (Å²) < 4.78 is 11.0. The number of aromatic amines is 1. The molecule has 5 rings (SSSR count). The summed E-state index contributed by atoms with van der Waals surface area (Å²) in [5, 5.41) is 16.5. The number of morpholine rings is 1. The van der Waals surface area contributed by atoms with Crippen molar-refractivity contribution in [3.05, 3.63) is 36.4 Å². The van der Waals surface area contributed by atoms with Crippen molar-refractivity contribution in [1.29, 1.82) is 0 Å². The van der Waals surface area contributed by atoms with Gasteiger partial charge < -0.3 is 30.9 Å². The first-order valence-electron chi connectivity index (χ1n) is 12.0. The lowest BCUT2D eigenvalue weighted by atomic mass is 10.0. The van der Waals surface area contributed by atoms with E-state index in [-0.39, 0.29) is 12.5 Å². The highest BCUT2D eigenvalue weighted by Crippen LogP contribution is 2.36. The fourth-order valence-electron chi connectivity index (χ4n) is 4.33. The number of likely N-dealkylation sites (tertiary alicyclic amines) is 1. The molecule has 6 N–H and O–H groups in total. The van der Waals surface area contributed by atoms with Gasteiger partial charge in [-0.15, -0.1) is 0 Å². The number of fused-ring (bicyclic) bond motifs is 1. The predicted octanol–water partition coefficient (Wildman–Crippen LogP) is 1.71. The quantitative estimate of drug-likeness (QED) is 0.373. The number of anilines is 2. The summed E-state index contributed by atoms with van der Waals surface area (Å²) in [5.74, 6) is 1.30. The number of H-pyrrole nitrogens is 1. The fraction of sp³-hybridized carbons (Fsp3) is 0.440. The Hall–Kier alpha value is -3.34. The van der Waals surface area contributed by atoms with Crippen LogP contribution in [0.1, 0.15) is 12.8 Å². The van der Waals surface area contributed by atoms with Gasteiger partial charge in [-0.25, -0.2) is 0 Å². The number of rotatable bonds is 7. The van der Waals surface area contributed by atoms with Crippen molar-refractivity contribution in [2.24, 2.45) is 0 Å². The van der Waals surface area contributed by atoms with Crippen LogP contribution in [-0.2, 0) is 9.53 Å². The third kappa shape index (κ3) is 6.21. The van der Waals surface area contributed by atoms with Crippen molar-refractivity contribution in [3.63, 3.8) is 0 Å². The van der Waals surface area contributed by atoms with Crippen molar-refractivity contribution in [2.75, 3.05) is 70.6 Å². The number of hydrogen-bond donors (Lipinski definition) is 4. The van der Waals surface area contributed by atoms with E-state index in [1.807, 2.05) is 41.3 Å². The SMILES string of the molecule is Nc1ccc(-c2ccc(OCCN3CCCC3=O)c3[nH]nc(N)c23)cc1.OCCN1CCOCC1. The Kier molecular flexibility index (Phi) is 8.40. The summed E-state index contributed by atoms with van der Waals surface area (Å²) in [6.45, 7) is 6.47. The second kappa shape index (κ2) is 11.9. The Morgan fingerprint density at radius 3 is 2.51 bits per heavy atom. The van der Waals surface area contributed by atoms with E-state index in [1.54, 1.807) is 0 Å². The van der Waals surface area contributed by atoms with E-state index in [0.717, 1.165) is 67.8 Å². The summed E-state index contributed by atoms with van der Waals surface area (Å²) in [6.07, 6.45) is 1.56. The highest BCUT2D eigenvalue weighted by Gasteiger charge is 2.20. The first kappa shape index (κ1) is 24.8. The van der Waals surface area contributed by atoms with Crippen LogP contribution >= 0.6 is 0 Å². The number of nitrogens with zero attached hydrogens (tertiary/aromatic N) is 3. The molecule has 0 spiro atoms. The zero-order chi connectivity index (χ0) is 24.6. The second-order valence-corrected chi connectivity index (χ2v) is 8.60. The second-order valence-electron chi connectivity index (χ2n) is 8.60. The number of β-amino-alcohol motifs (C(OH)–C–C–N with tert-alkyl or cyclic N) is 1. The number of aliphatic hydroxyl groups excluding tert-OH is 1. The predicted molar refractivity (Wildman–Crippen MR) is 136 cm³/mol. The highest BCUT2D eigenvalue weighted by molar-refractivity contribution is 6.04. The minimum atomic E-state index is 0.197. The molecule has 188 valence electrons. The summed E-state index contributed by atoms with van der Waals surface area (Å²) in [6, 6.07) is 11.5. The molecule has 35 heavy (non-hydrogen) atoms. The first-order chi connectivity index (χ1) is 17.1. The Labute approximate surface area is 204 Å². The van der Waals surface area contributed by atoms with Crippen LogP contribution in [0.3, 0.4) is 0 Å². The third-order valence-electron chi connectivity index (χ3n) is 6.24. The number of hydrogen-bond acceptors (Lipinski definition) is 8. The minimum Gasteiger partial charge on any atom is -0.489 e. The highest BCUT2D eigenvalue weighted by atomic mass is 16.5. The molecule has 3 aromatic rings. The lowest BCUT2D eigenvalue weighted by Gasteiger charge is -2.25. The van der Waals surface area contributed by atoms with Gasteiger partial charge in [-0.3, -0.25) is 14.8 Å². The average molecular weight is 483 g/mol. The fourth-order valence-corrected chi connectivity index (χ4v) is 4.33.